The van der Waals surface area contributed by atoms with Crippen LogP contribution in [0.2, 0.25) is 0 Å². The van der Waals surface area contributed by atoms with E-state index in [1.807, 2.05) is 32.0 Å². The molecule has 0 spiro atoms. The van der Waals surface area contributed by atoms with E-state index in [4.69, 9.17) is 21.7 Å². The van der Waals surface area contributed by atoms with Gasteiger partial charge in [-0.3, -0.25) is 25.8 Å². The first-order valence-electron chi connectivity index (χ1n) is 8.81. The lowest BCUT2D eigenvalue weighted by molar-refractivity contribution is -0.123. The second kappa shape index (κ2) is 10.9. The first-order valence-corrected chi connectivity index (χ1v) is 9.22. The van der Waals surface area contributed by atoms with E-state index in [1.54, 1.807) is 30.3 Å². The molecule has 0 radical (unpaired) electrons. The summed E-state index contributed by atoms with van der Waals surface area (Å²) >= 11 is 5.02. The van der Waals surface area contributed by atoms with Crippen LogP contribution >= 0.6 is 12.2 Å². The lowest BCUT2D eigenvalue weighted by atomic mass is 10.2. The van der Waals surface area contributed by atoms with Crippen molar-refractivity contribution in [3.8, 4) is 11.5 Å². The maximum absolute atomic E-state index is 12.2. The summed E-state index contributed by atoms with van der Waals surface area (Å²) in [5.41, 5.74) is 6.17. The van der Waals surface area contributed by atoms with Gasteiger partial charge in [0.25, 0.3) is 11.8 Å². The topological polar surface area (TPSA) is 88.7 Å². The Bertz CT molecular complexity index is 842. The van der Waals surface area contributed by atoms with Crippen LogP contribution < -0.4 is 25.6 Å². The number of aryl methyl sites for hydroxylation is 1. The zero-order valence-electron chi connectivity index (χ0n) is 15.8. The van der Waals surface area contributed by atoms with Gasteiger partial charge < -0.3 is 9.47 Å². The van der Waals surface area contributed by atoms with E-state index in [2.05, 4.69) is 16.2 Å². The molecule has 0 heterocycles. The van der Waals surface area contributed by atoms with E-state index in [0.29, 0.717) is 23.7 Å². The molecular weight excluding hydrogens is 378 g/mol. The molecule has 0 aromatic heterocycles. The highest BCUT2D eigenvalue weighted by molar-refractivity contribution is 7.80. The Morgan fingerprint density at radius 1 is 1.04 bits per heavy atom. The zero-order valence-corrected chi connectivity index (χ0v) is 16.6. The van der Waals surface area contributed by atoms with Gasteiger partial charge in [0.05, 0.1) is 6.61 Å². The minimum Gasteiger partial charge on any atom is -0.494 e. The minimum atomic E-state index is -0.435. The number of benzene rings is 2. The number of rotatable bonds is 7. The summed E-state index contributed by atoms with van der Waals surface area (Å²) in [4.78, 5) is 24.1. The molecule has 0 saturated heterocycles. The molecule has 8 heteroatoms. The van der Waals surface area contributed by atoms with E-state index in [-0.39, 0.29) is 11.7 Å². The Hall–Kier alpha value is -3.13. The maximum Gasteiger partial charge on any atom is 0.276 e. The maximum atomic E-state index is 12.2. The summed E-state index contributed by atoms with van der Waals surface area (Å²) in [5, 5.41) is 2.45. The fraction of sp³-hybridized carbons (Fsp3) is 0.250. The number of para-hydroxylation sites is 1. The van der Waals surface area contributed by atoms with Crippen molar-refractivity contribution in [3.05, 3.63) is 59.7 Å². The molecular formula is C20H23N3O4S. The summed E-state index contributed by atoms with van der Waals surface area (Å²) in [6.45, 7) is 4.27. The van der Waals surface area contributed by atoms with Crippen LogP contribution in [0.25, 0.3) is 0 Å². The number of nitrogens with one attached hydrogen (secondary N) is 3. The van der Waals surface area contributed by atoms with Crippen molar-refractivity contribution >= 4 is 29.1 Å². The van der Waals surface area contributed by atoms with Gasteiger partial charge >= 0.3 is 0 Å². The fourth-order valence-corrected chi connectivity index (χ4v) is 2.32. The molecule has 7 nitrogen and oxygen atoms in total. The van der Waals surface area contributed by atoms with Crippen LogP contribution in [0.1, 0.15) is 29.3 Å². The van der Waals surface area contributed by atoms with E-state index >= 15 is 0 Å². The van der Waals surface area contributed by atoms with Crippen molar-refractivity contribution in [2.24, 2.45) is 0 Å². The summed E-state index contributed by atoms with van der Waals surface area (Å²) in [6.07, 6.45) is 0.873. The van der Waals surface area contributed by atoms with Gasteiger partial charge in [0, 0.05) is 5.56 Å². The lowest BCUT2D eigenvalue weighted by Crippen LogP contribution is -2.49. The smallest absolute Gasteiger partial charge is 0.276 e. The molecule has 148 valence electrons. The van der Waals surface area contributed by atoms with Gasteiger partial charge in [0.2, 0.25) is 0 Å². The summed E-state index contributed by atoms with van der Waals surface area (Å²) in [5.74, 6) is 0.383. The number of thiocarbonyl (C=S) groups is 1. The van der Waals surface area contributed by atoms with Crippen LogP contribution in [0.15, 0.2) is 48.5 Å². The van der Waals surface area contributed by atoms with Gasteiger partial charge in [-0.2, -0.15) is 0 Å². The second-order valence-electron chi connectivity index (χ2n) is 5.89. The monoisotopic (exact) mass is 401 g/mol. The van der Waals surface area contributed by atoms with Gasteiger partial charge in [-0.1, -0.05) is 31.2 Å². The molecule has 2 rings (SSSR count). The van der Waals surface area contributed by atoms with Crippen LogP contribution in [0.5, 0.6) is 11.5 Å². The van der Waals surface area contributed by atoms with E-state index in [1.165, 1.54) is 0 Å². The van der Waals surface area contributed by atoms with Crippen molar-refractivity contribution in [1.82, 2.24) is 16.2 Å². The summed E-state index contributed by atoms with van der Waals surface area (Å²) in [6, 6.07) is 14.1. The molecule has 0 atom stereocenters. The number of hydrogen-bond donors (Lipinski definition) is 3. The first kappa shape index (κ1) is 21.2. The quantitative estimate of drug-likeness (QED) is 0.488. The van der Waals surface area contributed by atoms with Gasteiger partial charge in [0.15, 0.2) is 11.7 Å². The van der Waals surface area contributed by atoms with Gasteiger partial charge in [0.1, 0.15) is 11.5 Å². The van der Waals surface area contributed by atoms with Crippen molar-refractivity contribution in [2.45, 2.75) is 20.3 Å². The Morgan fingerprint density at radius 3 is 2.57 bits per heavy atom. The van der Waals surface area contributed by atoms with Gasteiger partial charge in [-0.25, -0.2) is 0 Å². The molecule has 0 fully saturated rings. The lowest BCUT2D eigenvalue weighted by Gasteiger charge is -2.12. The molecule has 0 aliphatic heterocycles. The number of ether oxygens (including phenoxy) is 2. The predicted octanol–water partition coefficient (Wildman–Crippen LogP) is 2.50. The van der Waals surface area contributed by atoms with Gasteiger partial charge in [-0.05, 0) is 55.4 Å². The normalized spacial score (nSPS) is 9.93. The van der Waals surface area contributed by atoms with Crippen molar-refractivity contribution < 1.29 is 19.1 Å². The molecule has 0 aliphatic rings. The average molecular weight is 401 g/mol. The Morgan fingerprint density at radius 2 is 1.82 bits per heavy atom. The average Bonchev–Trinajstić information content (AvgIpc) is 2.70. The SMILES string of the molecule is CCCOc1cccc(C(=O)NC(=S)NNC(=O)COc2ccccc2C)c1. The molecule has 28 heavy (non-hydrogen) atoms. The molecule has 0 unspecified atom stereocenters. The third-order valence-electron chi connectivity index (χ3n) is 3.56. The standard InChI is InChI=1S/C20H23N3O4S/c1-3-11-26-16-9-6-8-15(12-16)19(25)21-20(28)23-22-18(24)13-27-17-10-5-4-7-14(17)2/h4-10,12H,3,11,13H2,1-2H3,(H,22,24)(H2,21,23,25,28). The highest BCUT2D eigenvalue weighted by Crippen LogP contribution is 2.15. The largest absolute Gasteiger partial charge is 0.494 e. The second-order valence-corrected chi connectivity index (χ2v) is 6.30. The van der Waals surface area contributed by atoms with Crippen LogP contribution in [0.3, 0.4) is 0 Å². The van der Waals surface area contributed by atoms with Crippen molar-refractivity contribution in [2.75, 3.05) is 13.2 Å². The highest BCUT2D eigenvalue weighted by Gasteiger charge is 2.10. The van der Waals surface area contributed by atoms with Crippen LogP contribution in [0.4, 0.5) is 0 Å². The molecule has 0 saturated carbocycles. The van der Waals surface area contributed by atoms with E-state index in [0.717, 1.165) is 12.0 Å². The number of amides is 2. The molecule has 0 aliphatic carbocycles. The predicted molar refractivity (Wildman–Crippen MR) is 110 cm³/mol. The molecule has 3 N–H and O–H groups in total. The molecule has 2 aromatic carbocycles. The Balaban J connectivity index is 1.76. The fourth-order valence-electron chi connectivity index (χ4n) is 2.18. The minimum absolute atomic E-state index is 0.0332. The molecule has 2 aromatic rings. The summed E-state index contributed by atoms with van der Waals surface area (Å²) < 4.78 is 10.9. The van der Waals surface area contributed by atoms with E-state index < -0.39 is 11.8 Å². The number of carbonyl (C=O) groups is 2. The van der Waals surface area contributed by atoms with E-state index in [9.17, 15) is 9.59 Å². The van der Waals surface area contributed by atoms with Crippen molar-refractivity contribution in [3.63, 3.8) is 0 Å². The van der Waals surface area contributed by atoms with Crippen LogP contribution in [0, 0.1) is 6.92 Å². The third-order valence-corrected chi connectivity index (χ3v) is 3.77. The van der Waals surface area contributed by atoms with Crippen LogP contribution in [-0.4, -0.2) is 30.1 Å². The summed E-state index contributed by atoms with van der Waals surface area (Å²) in [7, 11) is 0. The third kappa shape index (κ3) is 6.88. The van der Waals surface area contributed by atoms with Crippen LogP contribution in [-0.2, 0) is 4.79 Å². The number of hydrazine groups is 1. The Kier molecular flexibility index (Phi) is 8.23. The number of carbonyl (C=O) groups excluding carboxylic acids is 2. The molecule has 2 amide bonds. The Labute approximate surface area is 169 Å². The number of hydrogen-bond acceptors (Lipinski definition) is 5. The van der Waals surface area contributed by atoms with Gasteiger partial charge in [-0.15, -0.1) is 0 Å². The first-order chi connectivity index (χ1) is 13.5. The van der Waals surface area contributed by atoms with Crippen molar-refractivity contribution in [1.29, 1.82) is 0 Å². The highest BCUT2D eigenvalue weighted by atomic mass is 32.1. The molecule has 0 bridgehead atoms. The zero-order chi connectivity index (χ0) is 20.4.